The molecule has 30 heavy (non-hydrogen) atoms. The van der Waals surface area contributed by atoms with E-state index < -0.39 is 0 Å². The Hall–Kier alpha value is -3.67. The molecular weight excluding hydrogens is 376 g/mol. The van der Waals surface area contributed by atoms with Crippen LogP contribution in [-0.2, 0) is 16.1 Å². The van der Waals surface area contributed by atoms with Crippen molar-refractivity contribution >= 4 is 29.0 Å². The van der Waals surface area contributed by atoms with Gasteiger partial charge < -0.3 is 15.5 Å². The van der Waals surface area contributed by atoms with Gasteiger partial charge >= 0.3 is 0 Å². The third-order valence-corrected chi connectivity index (χ3v) is 4.83. The Morgan fingerprint density at radius 2 is 1.83 bits per heavy atom. The van der Waals surface area contributed by atoms with Crippen LogP contribution in [0.3, 0.4) is 0 Å². The third-order valence-electron chi connectivity index (χ3n) is 4.83. The van der Waals surface area contributed by atoms with E-state index in [9.17, 15) is 9.59 Å². The molecule has 0 aliphatic carbocycles. The number of benzene rings is 2. The summed E-state index contributed by atoms with van der Waals surface area (Å²) in [7, 11) is 0. The fraction of sp³-hybridized carbons (Fsp3) is 0.167. The molecule has 2 radical (unpaired) electrons. The van der Waals surface area contributed by atoms with Gasteiger partial charge in [0.25, 0.3) is 0 Å². The fourth-order valence-electron chi connectivity index (χ4n) is 3.30. The van der Waals surface area contributed by atoms with Gasteiger partial charge in [-0.1, -0.05) is 36.4 Å². The summed E-state index contributed by atoms with van der Waals surface area (Å²) in [6, 6.07) is 21.0. The van der Waals surface area contributed by atoms with Crippen LogP contribution >= 0.6 is 0 Å². The molecule has 0 bridgehead atoms. The minimum Gasteiger partial charge on any atom is -0.350 e. The van der Waals surface area contributed by atoms with Crippen LogP contribution in [-0.4, -0.2) is 23.3 Å². The van der Waals surface area contributed by atoms with Crippen molar-refractivity contribution in [3.63, 3.8) is 0 Å². The summed E-state index contributed by atoms with van der Waals surface area (Å²) in [5.74, 6) is 0.513. The number of para-hydroxylation sites is 1. The third kappa shape index (κ3) is 4.84. The Morgan fingerprint density at radius 3 is 2.63 bits per heavy atom. The Kier molecular flexibility index (Phi) is 6.03. The highest BCUT2D eigenvalue weighted by Gasteiger charge is 2.24. The van der Waals surface area contributed by atoms with Gasteiger partial charge in [0.15, 0.2) is 0 Å². The lowest BCUT2D eigenvalue weighted by Gasteiger charge is -2.22. The summed E-state index contributed by atoms with van der Waals surface area (Å²) < 4.78 is 0. The van der Waals surface area contributed by atoms with Crippen LogP contribution in [0.2, 0.25) is 0 Å². The Labute approximate surface area is 175 Å². The normalized spacial score (nSPS) is 13.3. The van der Waals surface area contributed by atoms with Crippen molar-refractivity contribution in [2.24, 2.45) is 0 Å². The van der Waals surface area contributed by atoms with Gasteiger partial charge in [-0.15, -0.1) is 0 Å². The van der Waals surface area contributed by atoms with Crippen molar-refractivity contribution in [2.75, 3.05) is 16.8 Å². The number of carbonyl (C=O) groups is 2. The summed E-state index contributed by atoms with van der Waals surface area (Å²) in [5, 5.41) is 6.12. The Bertz CT molecular complexity index is 1020. The van der Waals surface area contributed by atoms with E-state index in [0.717, 1.165) is 28.3 Å². The number of fused-ring (bicyclic) bond motifs is 1. The monoisotopic (exact) mass is 398 g/mol. The molecule has 0 spiro atoms. The van der Waals surface area contributed by atoms with Gasteiger partial charge in [-0.25, -0.2) is 4.98 Å². The molecule has 0 saturated carbocycles. The molecule has 3 aromatic rings. The number of nitrogens with one attached hydrogen (secondary N) is 2. The van der Waals surface area contributed by atoms with E-state index in [4.69, 9.17) is 0 Å². The van der Waals surface area contributed by atoms with Crippen LogP contribution in [0.1, 0.15) is 24.0 Å². The molecular formula is C24H22N4O2. The molecule has 0 saturated heterocycles. The lowest BCUT2D eigenvalue weighted by atomic mass is 10.1. The zero-order chi connectivity index (χ0) is 20.8. The predicted molar refractivity (Wildman–Crippen MR) is 116 cm³/mol. The molecule has 6 nitrogen and oxygen atoms in total. The van der Waals surface area contributed by atoms with Crippen LogP contribution in [0.25, 0.3) is 0 Å². The number of aromatic nitrogens is 1. The van der Waals surface area contributed by atoms with E-state index in [1.807, 2.05) is 66.7 Å². The van der Waals surface area contributed by atoms with Crippen LogP contribution in [0.15, 0.2) is 72.9 Å². The van der Waals surface area contributed by atoms with Crippen molar-refractivity contribution in [2.45, 2.75) is 19.4 Å². The van der Waals surface area contributed by atoms with Crippen molar-refractivity contribution < 1.29 is 9.59 Å². The van der Waals surface area contributed by atoms with Crippen LogP contribution < -0.4 is 15.5 Å². The molecule has 0 atom stereocenters. The van der Waals surface area contributed by atoms with Crippen molar-refractivity contribution in [3.05, 3.63) is 90.5 Å². The van der Waals surface area contributed by atoms with Gasteiger partial charge in [0.1, 0.15) is 12.4 Å². The molecule has 4 rings (SSSR count). The quantitative estimate of drug-likeness (QED) is 0.664. The highest BCUT2D eigenvalue weighted by molar-refractivity contribution is 6.00. The summed E-state index contributed by atoms with van der Waals surface area (Å²) in [6.07, 6.45) is 5.88. The maximum atomic E-state index is 12.5. The number of anilines is 3. The van der Waals surface area contributed by atoms with E-state index in [1.165, 1.54) is 0 Å². The minimum absolute atomic E-state index is 0.00313. The van der Waals surface area contributed by atoms with Crippen LogP contribution in [0.4, 0.5) is 17.2 Å². The van der Waals surface area contributed by atoms with Gasteiger partial charge in [0.2, 0.25) is 11.8 Å². The molecule has 0 unspecified atom stereocenters. The first-order valence-electron chi connectivity index (χ1n) is 9.86. The average Bonchev–Trinajstić information content (AvgIpc) is 2.93. The fourth-order valence-corrected chi connectivity index (χ4v) is 3.30. The first-order chi connectivity index (χ1) is 14.7. The van der Waals surface area contributed by atoms with Crippen molar-refractivity contribution in [1.29, 1.82) is 0 Å². The molecule has 2 aromatic carbocycles. The Balaban J connectivity index is 1.34. The largest absolute Gasteiger partial charge is 0.350 e. The number of amides is 2. The molecule has 0 fully saturated rings. The van der Waals surface area contributed by atoms with Crippen LogP contribution in [0.5, 0.6) is 0 Å². The zero-order valence-corrected chi connectivity index (χ0v) is 16.5. The summed E-state index contributed by atoms with van der Waals surface area (Å²) in [6.45, 7) is 0.390. The lowest BCUT2D eigenvalue weighted by molar-refractivity contribution is -0.123. The van der Waals surface area contributed by atoms with Gasteiger partial charge in [-0.3, -0.25) is 9.59 Å². The highest BCUT2D eigenvalue weighted by atomic mass is 16.2. The van der Waals surface area contributed by atoms with Crippen molar-refractivity contribution in [3.8, 4) is 0 Å². The molecule has 2 N–H and O–H groups in total. The molecule has 150 valence electrons. The number of rotatable bonds is 6. The number of carbonyl (C=O) groups excluding carboxylic acids is 2. The Morgan fingerprint density at radius 1 is 1.03 bits per heavy atom. The lowest BCUT2D eigenvalue weighted by Crippen LogP contribution is -2.40. The topological polar surface area (TPSA) is 74.3 Å². The van der Waals surface area contributed by atoms with E-state index in [1.54, 1.807) is 11.1 Å². The molecule has 1 aliphatic rings. The highest BCUT2D eigenvalue weighted by Crippen LogP contribution is 2.27. The summed E-state index contributed by atoms with van der Waals surface area (Å²) >= 11 is 0. The van der Waals surface area contributed by atoms with Crippen LogP contribution in [0, 0.1) is 6.42 Å². The number of hydrogen-bond acceptors (Lipinski definition) is 4. The minimum atomic E-state index is -0.198. The first kappa shape index (κ1) is 19.6. The van der Waals surface area contributed by atoms with Gasteiger partial charge in [0, 0.05) is 37.0 Å². The molecule has 1 aliphatic heterocycles. The second-order valence-electron chi connectivity index (χ2n) is 6.99. The molecule has 2 amide bonds. The number of nitrogens with zero attached hydrogens (tertiary/aromatic N) is 2. The maximum Gasteiger partial charge on any atom is 0.240 e. The van der Waals surface area contributed by atoms with E-state index in [2.05, 4.69) is 22.0 Å². The summed E-state index contributed by atoms with van der Waals surface area (Å²) in [5.41, 5.74) is 3.49. The SMILES string of the molecule is O=C(CN1C(=O)CC[C]c2ccccc21)NCc1ccc(Nc2ccccn2)cc1. The molecule has 1 aromatic heterocycles. The van der Waals surface area contributed by atoms with Crippen molar-refractivity contribution in [1.82, 2.24) is 10.3 Å². The van der Waals surface area contributed by atoms with E-state index in [-0.39, 0.29) is 18.4 Å². The predicted octanol–water partition coefficient (Wildman–Crippen LogP) is 3.70. The average molecular weight is 398 g/mol. The number of pyridine rings is 1. The maximum absolute atomic E-state index is 12.5. The summed E-state index contributed by atoms with van der Waals surface area (Å²) in [4.78, 5) is 30.8. The van der Waals surface area contributed by atoms with E-state index >= 15 is 0 Å². The van der Waals surface area contributed by atoms with Gasteiger partial charge in [0.05, 0.1) is 0 Å². The standard InChI is InChI=1S/C24H22N4O2/c29-23(17-28-21-8-2-1-6-19(21)7-5-10-24(28)30)26-16-18-11-13-20(14-12-18)27-22-9-3-4-15-25-22/h1-4,6,8-9,11-15H,5,10,16-17H2,(H,25,27)(H,26,29). The molecule has 6 heteroatoms. The number of hydrogen-bond donors (Lipinski definition) is 2. The van der Waals surface area contributed by atoms with Gasteiger partial charge in [-0.05, 0) is 47.9 Å². The van der Waals surface area contributed by atoms with E-state index in [0.29, 0.717) is 19.4 Å². The second kappa shape index (κ2) is 9.22. The van der Waals surface area contributed by atoms with Gasteiger partial charge in [-0.2, -0.15) is 0 Å². The second-order valence-corrected chi connectivity index (χ2v) is 6.99. The smallest absolute Gasteiger partial charge is 0.240 e. The zero-order valence-electron chi connectivity index (χ0n) is 16.5. The molecule has 2 heterocycles. The first-order valence-corrected chi connectivity index (χ1v) is 9.86.